The molecule has 0 unspecified atom stereocenters. The Bertz CT molecular complexity index is 797. The van der Waals surface area contributed by atoms with Crippen molar-refractivity contribution in [3.05, 3.63) is 45.8 Å². The Morgan fingerprint density at radius 2 is 2.21 bits per heavy atom. The Hall–Kier alpha value is -2.14. The van der Waals surface area contributed by atoms with Gasteiger partial charge in [0.2, 0.25) is 5.91 Å². The first-order valence-corrected chi connectivity index (χ1v) is 8.57. The molecular weight excluding hydrogens is 304 g/mol. The molecule has 2 aromatic rings. The van der Waals surface area contributed by atoms with Crippen LogP contribution in [0.1, 0.15) is 31.4 Å². The van der Waals surface area contributed by atoms with Gasteiger partial charge in [-0.15, -0.1) is 0 Å². The van der Waals surface area contributed by atoms with E-state index in [9.17, 15) is 9.59 Å². The molecule has 5 nitrogen and oxygen atoms in total. The molecule has 1 aromatic carbocycles. The summed E-state index contributed by atoms with van der Waals surface area (Å²) in [7, 11) is 0. The Morgan fingerprint density at radius 3 is 2.96 bits per heavy atom. The Labute approximate surface area is 141 Å². The van der Waals surface area contributed by atoms with Crippen LogP contribution in [0.15, 0.2) is 33.5 Å². The van der Waals surface area contributed by atoms with Crippen LogP contribution in [-0.4, -0.2) is 30.4 Å². The quantitative estimate of drug-likeness (QED) is 0.856. The lowest BCUT2D eigenvalue weighted by atomic mass is 10.1. The zero-order chi connectivity index (χ0) is 17.1. The average molecular weight is 328 g/mol. The molecule has 3 rings (SSSR count). The number of likely N-dealkylation sites (tertiary alicyclic amines) is 1. The van der Waals surface area contributed by atoms with Gasteiger partial charge in [-0.05, 0) is 42.5 Å². The van der Waals surface area contributed by atoms with Crippen molar-refractivity contribution in [2.45, 2.75) is 33.2 Å². The van der Waals surface area contributed by atoms with Crippen LogP contribution >= 0.6 is 0 Å². The van der Waals surface area contributed by atoms with E-state index in [1.165, 1.54) is 5.56 Å². The number of carbonyl (C=O) groups is 1. The van der Waals surface area contributed by atoms with Crippen LogP contribution in [-0.2, 0) is 17.8 Å². The molecule has 128 valence electrons. The second kappa shape index (κ2) is 7.18. The van der Waals surface area contributed by atoms with Crippen LogP contribution in [0.2, 0.25) is 0 Å². The van der Waals surface area contributed by atoms with Gasteiger partial charge in [-0.1, -0.05) is 19.1 Å². The molecule has 1 saturated heterocycles. The molecule has 5 heteroatoms. The highest BCUT2D eigenvalue weighted by Crippen LogP contribution is 2.23. The highest BCUT2D eigenvalue weighted by atomic mass is 16.4. The third-order valence-electron chi connectivity index (χ3n) is 4.71. The number of nitrogens with zero attached hydrogens (tertiary/aromatic N) is 1. The van der Waals surface area contributed by atoms with Crippen molar-refractivity contribution >= 4 is 16.9 Å². The zero-order valence-electron chi connectivity index (χ0n) is 14.3. The maximum Gasteiger partial charge on any atom is 0.336 e. The molecule has 1 N–H and O–H groups in total. The summed E-state index contributed by atoms with van der Waals surface area (Å²) in [5, 5.41) is 3.90. The van der Waals surface area contributed by atoms with Crippen LogP contribution in [0.4, 0.5) is 0 Å². The largest absolute Gasteiger partial charge is 0.423 e. The molecule has 1 aromatic heterocycles. The molecule has 1 atom stereocenters. The maximum atomic E-state index is 11.9. The fourth-order valence-electron chi connectivity index (χ4n) is 3.38. The third kappa shape index (κ3) is 3.85. The van der Waals surface area contributed by atoms with Gasteiger partial charge < -0.3 is 9.73 Å². The first-order valence-electron chi connectivity index (χ1n) is 8.57. The molecule has 0 saturated carbocycles. The minimum Gasteiger partial charge on any atom is -0.423 e. The summed E-state index contributed by atoms with van der Waals surface area (Å²) >= 11 is 0. The van der Waals surface area contributed by atoms with Crippen LogP contribution in [0.3, 0.4) is 0 Å². The van der Waals surface area contributed by atoms with E-state index in [1.54, 1.807) is 13.0 Å². The van der Waals surface area contributed by atoms with E-state index in [0.717, 1.165) is 50.0 Å². The molecule has 1 amide bonds. The molecule has 2 heterocycles. The predicted molar refractivity (Wildman–Crippen MR) is 93.9 cm³/mol. The fraction of sp³-hybridized carbons (Fsp3) is 0.474. The molecule has 1 aliphatic rings. The van der Waals surface area contributed by atoms with Gasteiger partial charge in [-0.3, -0.25) is 9.69 Å². The van der Waals surface area contributed by atoms with Crippen molar-refractivity contribution in [3.8, 4) is 0 Å². The van der Waals surface area contributed by atoms with Crippen molar-refractivity contribution in [2.24, 2.45) is 5.92 Å². The lowest BCUT2D eigenvalue weighted by Crippen LogP contribution is -2.29. The van der Waals surface area contributed by atoms with Gasteiger partial charge in [0, 0.05) is 38.0 Å². The van der Waals surface area contributed by atoms with Crippen molar-refractivity contribution in [1.82, 2.24) is 10.2 Å². The number of rotatable bonds is 5. The van der Waals surface area contributed by atoms with E-state index >= 15 is 0 Å². The Kier molecular flexibility index (Phi) is 5.00. The van der Waals surface area contributed by atoms with Gasteiger partial charge in [-0.25, -0.2) is 4.79 Å². The molecule has 0 spiro atoms. The highest BCUT2D eigenvalue weighted by Gasteiger charge is 2.23. The van der Waals surface area contributed by atoms with Crippen LogP contribution in [0.5, 0.6) is 0 Å². The number of nitrogens with one attached hydrogen (secondary N) is 1. The summed E-state index contributed by atoms with van der Waals surface area (Å²) in [6, 6.07) is 7.71. The number of benzene rings is 1. The molecule has 24 heavy (non-hydrogen) atoms. The summed E-state index contributed by atoms with van der Waals surface area (Å²) in [6.07, 6.45) is 1.99. The summed E-state index contributed by atoms with van der Waals surface area (Å²) < 4.78 is 5.37. The van der Waals surface area contributed by atoms with Gasteiger partial charge in [0.25, 0.3) is 0 Å². The first kappa shape index (κ1) is 16.7. The third-order valence-corrected chi connectivity index (χ3v) is 4.71. The average Bonchev–Trinajstić information content (AvgIpc) is 2.99. The summed E-state index contributed by atoms with van der Waals surface area (Å²) in [6.45, 7) is 7.02. The van der Waals surface area contributed by atoms with E-state index in [1.807, 2.05) is 6.07 Å². The summed E-state index contributed by atoms with van der Waals surface area (Å²) in [5.41, 5.74) is 2.56. The summed E-state index contributed by atoms with van der Waals surface area (Å²) in [4.78, 5) is 25.3. The minimum absolute atomic E-state index is 0.0202. The number of hydrogen-bond acceptors (Lipinski definition) is 4. The van der Waals surface area contributed by atoms with E-state index in [4.69, 9.17) is 4.42 Å². The second-order valence-electron chi connectivity index (χ2n) is 6.60. The Morgan fingerprint density at radius 1 is 1.38 bits per heavy atom. The minimum atomic E-state index is -0.292. The van der Waals surface area contributed by atoms with E-state index in [2.05, 4.69) is 29.3 Å². The molecule has 0 bridgehead atoms. The molecular formula is C19H24N2O3. The first-order chi connectivity index (χ1) is 11.5. The monoisotopic (exact) mass is 328 g/mol. The summed E-state index contributed by atoms with van der Waals surface area (Å²) in [5.74, 6) is 0.499. The molecule has 1 fully saturated rings. The van der Waals surface area contributed by atoms with Crippen molar-refractivity contribution in [3.63, 3.8) is 0 Å². The molecule has 0 radical (unpaired) electrons. The number of aryl methyl sites for hydroxylation is 1. The van der Waals surface area contributed by atoms with Crippen molar-refractivity contribution in [2.75, 3.05) is 19.6 Å². The van der Waals surface area contributed by atoms with E-state index in [0.29, 0.717) is 11.5 Å². The number of fused-ring (bicyclic) bond motifs is 1. The number of amides is 1. The van der Waals surface area contributed by atoms with Gasteiger partial charge in [0.15, 0.2) is 0 Å². The van der Waals surface area contributed by atoms with Gasteiger partial charge in [0.1, 0.15) is 5.58 Å². The normalized spacial score (nSPS) is 18.2. The van der Waals surface area contributed by atoms with Crippen LogP contribution < -0.4 is 10.9 Å². The van der Waals surface area contributed by atoms with Gasteiger partial charge in [0.05, 0.1) is 0 Å². The SMILES string of the molecule is CCc1ccc2c(CN3CC[C@H](CNC(C)=O)C3)cc(=O)oc2c1. The molecule has 1 aliphatic heterocycles. The zero-order valence-corrected chi connectivity index (χ0v) is 14.3. The highest BCUT2D eigenvalue weighted by molar-refractivity contribution is 5.80. The predicted octanol–water partition coefficient (Wildman–Crippen LogP) is 2.31. The Balaban J connectivity index is 1.76. The topological polar surface area (TPSA) is 62.6 Å². The fourth-order valence-corrected chi connectivity index (χ4v) is 3.38. The van der Waals surface area contributed by atoms with Crippen molar-refractivity contribution < 1.29 is 9.21 Å². The standard InChI is InChI=1S/C19H24N2O3/c1-3-14-4-5-17-16(9-19(23)24-18(17)8-14)12-21-7-6-15(11-21)10-20-13(2)22/h4-5,8-9,15H,3,6-7,10-12H2,1-2H3,(H,20,22)/t15-/m1/s1. The van der Waals surface area contributed by atoms with E-state index in [-0.39, 0.29) is 11.5 Å². The van der Waals surface area contributed by atoms with Crippen LogP contribution in [0.25, 0.3) is 11.0 Å². The smallest absolute Gasteiger partial charge is 0.336 e. The van der Waals surface area contributed by atoms with Crippen molar-refractivity contribution in [1.29, 1.82) is 0 Å². The number of carbonyl (C=O) groups excluding carboxylic acids is 1. The van der Waals surface area contributed by atoms with Gasteiger partial charge >= 0.3 is 5.63 Å². The van der Waals surface area contributed by atoms with E-state index < -0.39 is 0 Å². The lowest BCUT2D eigenvalue weighted by Gasteiger charge is -2.17. The second-order valence-corrected chi connectivity index (χ2v) is 6.60. The van der Waals surface area contributed by atoms with Crippen LogP contribution in [0, 0.1) is 5.92 Å². The number of hydrogen-bond donors (Lipinski definition) is 1. The molecule has 0 aliphatic carbocycles. The lowest BCUT2D eigenvalue weighted by molar-refractivity contribution is -0.119. The maximum absolute atomic E-state index is 11.9. The van der Waals surface area contributed by atoms with Gasteiger partial charge in [-0.2, -0.15) is 0 Å².